The summed E-state index contributed by atoms with van der Waals surface area (Å²) in [5.74, 6) is 0.0602. The molecule has 1 aromatic heterocycles. The van der Waals surface area contributed by atoms with E-state index in [2.05, 4.69) is 63.8 Å². The minimum absolute atomic E-state index is 0.109. The second kappa shape index (κ2) is 11.2. The minimum atomic E-state index is -4.76. The number of amides is 2. The van der Waals surface area contributed by atoms with Gasteiger partial charge in [0.1, 0.15) is 12.1 Å². The molecule has 0 fully saturated rings. The molecule has 0 unspecified atom stereocenters. The van der Waals surface area contributed by atoms with Crippen molar-refractivity contribution in [3.63, 3.8) is 0 Å². The molecular formula is C27H25F3N6O2S. The molecule has 0 aliphatic heterocycles. The van der Waals surface area contributed by atoms with Gasteiger partial charge in [-0.15, -0.1) is 30.9 Å². The van der Waals surface area contributed by atoms with Crippen LogP contribution < -0.4 is 15.4 Å². The number of hydrogen-bond donors (Lipinski definition) is 3. The Bertz CT molecular complexity index is 1480. The Labute approximate surface area is 228 Å². The van der Waals surface area contributed by atoms with Crippen molar-refractivity contribution in [2.24, 2.45) is 4.99 Å². The third kappa shape index (κ3) is 7.60. The summed E-state index contributed by atoms with van der Waals surface area (Å²) >= 11 is 4.31. The summed E-state index contributed by atoms with van der Waals surface area (Å²) in [7, 11) is 0. The summed E-state index contributed by atoms with van der Waals surface area (Å²) in [4.78, 5) is 20.6. The molecule has 39 heavy (non-hydrogen) atoms. The first-order chi connectivity index (χ1) is 18.4. The highest BCUT2D eigenvalue weighted by molar-refractivity contribution is 7.97. The fraction of sp³-hybridized carbons (Fsp3) is 0.185. The summed E-state index contributed by atoms with van der Waals surface area (Å²) in [6.45, 7) is 6.27. The number of hydrogen-bond acceptors (Lipinski definition) is 4. The molecule has 2 N–H and O–H groups in total. The zero-order valence-electron chi connectivity index (χ0n) is 21.2. The maximum atomic E-state index is 12.4. The molecule has 8 nitrogen and oxygen atoms in total. The number of amidine groups is 1. The van der Waals surface area contributed by atoms with Crippen LogP contribution >= 0.6 is 12.6 Å². The van der Waals surface area contributed by atoms with E-state index in [1.54, 1.807) is 24.3 Å². The van der Waals surface area contributed by atoms with E-state index in [-0.39, 0.29) is 16.3 Å². The third-order valence-electron chi connectivity index (χ3n) is 5.41. The first-order valence-electron chi connectivity index (χ1n) is 11.7. The highest BCUT2D eigenvalue weighted by Crippen LogP contribution is 2.29. The van der Waals surface area contributed by atoms with E-state index < -0.39 is 12.4 Å². The van der Waals surface area contributed by atoms with Crippen LogP contribution in [-0.2, 0) is 5.41 Å². The van der Waals surface area contributed by atoms with Gasteiger partial charge >= 0.3 is 12.4 Å². The number of carbonyl (C=O) groups excluding carboxylic acids is 1. The highest BCUT2D eigenvalue weighted by atomic mass is 32.1. The lowest BCUT2D eigenvalue weighted by Gasteiger charge is -2.23. The highest BCUT2D eigenvalue weighted by Gasteiger charge is 2.31. The van der Waals surface area contributed by atoms with Crippen LogP contribution in [0.3, 0.4) is 0 Å². The lowest BCUT2D eigenvalue weighted by atomic mass is 9.86. The Morgan fingerprint density at radius 3 is 2.26 bits per heavy atom. The van der Waals surface area contributed by atoms with Crippen LogP contribution in [0, 0.1) is 0 Å². The van der Waals surface area contributed by atoms with Gasteiger partial charge in [0.15, 0.2) is 11.0 Å². The molecule has 4 aromatic rings. The van der Waals surface area contributed by atoms with Crippen molar-refractivity contribution in [1.29, 1.82) is 0 Å². The second-order valence-electron chi connectivity index (χ2n) is 9.42. The molecule has 0 aliphatic carbocycles. The van der Waals surface area contributed by atoms with Crippen LogP contribution in [0.15, 0.2) is 84.1 Å². The maximum Gasteiger partial charge on any atom is 0.573 e. The van der Waals surface area contributed by atoms with Crippen LogP contribution in [0.4, 0.5) is 29.3 Å². The van der Waals surface area contributed by atoms with Gasteiger partial charge in [-0.05, 0) is 65.6 Å². The van der Waals surface area contributed by atoms with Crippen LogP contribution in [-0.4, -0.2) is 32.3 Å². The van der Waals surface area contributed by atoms with E-state index in [4.69, 9.17) is 0 Å². The maximum absolute atomic E-state index is 12.4. The van der Waals surface area contributed by atoms with E-state index in [1.807, 2.05) is 24.3 Å². The Morgan fingerprint density at radius 2 is 1.62 bits per heavy atom. The molecule has 1 heterocycles. The van der Waals surface area contributed by atoms with Crippen molar-refractivity contribution in [2.45, 2.75) is 32.5 Å². The number of para-hydroxylation sites is 1. The first kappa shape index (κ1) is 27.7. The number of nitrogens with zero attached hydrogens (tertiary/aromatic N) is 4. The average molecular weight is 555 g/mol. The number of anilines is 2. The van der Waals surface area contributed by atoms with E-state index in [1.165, 1.54) is 35.3 Å². The van der Waals surface area contributed by atoms with Gasteiger partial charge in [-0.3, -0.25) is 0 Å². The van der Waals surface area contributed by atoms with Crippen molar-refractivity contribution in [1.82, 2.24) is 14.8 Å². The predicted octanol–water partition coefficient (Wildman–Crippen LogP) is 7.06. The Hall–Kier alpha value is -4.32. The van der Waals surface area contributed by atoms with Crippen LogP contribution in [0.5, 0.6) is 5.75 Å². The average Bonchev–Trinajstić information content (AvgIpc) is 3.34. The monoisotopic (exact) mass is 554 g/mol. The zero-order chi connectivity index (χ0) is 28.2. The van der Waals surface area contributed by atoms with Crippen LogP contribution in [0.25, 0.3) is 17.1 Å². The molecule has 4 rings (SSSR count). The molecule has 3 aromatic carbocycles. The number of thiol groups is 1. The number of rotatable bonds is 5. The quantitative estimate of drug-likeness (QED) is 0.140. The fourth-order valence-corrected chi connectivity index (χ4v) is 3.88. The molecule has 0 atom stereocenters. The summed E-state index contributed by atoms with van der Waals surface area (Å²) < 4.78 is 42.4. The minimum Gasteiger partial charge on any atom is -0.406 e. The van der Waals surface area contributed by atoms with Crippen LogP contribution in [0.2, 0.25) is 0 Å². The Kier molecular flexibility index (Phi) is 7.95. The SMILES string of the molecule is CC(C)(C)c1ccccc1N/C(S)=N/C(=O)Nc1ccc(-c2ncn(-c3ccc(OC(F)(F)F)cc3)n2)cc1. The number of aliphatic imine (C=N–C) groups is 1. The zero-order valence-corrected chi connectivity index (χ0v) is 22.1. The number of nitrogens with one attached hydrogen (secondary N) is 2. The van der Waals surface area contributed by atoms with E-state index in [0.717, 1.165) is 11.3 Å². The van der Waals surface area contributed by atoms with Gasteiger partial charge in [-0.2, -0.15) is 4.99 Å². The van der Waals surface area contributed by atoms with Crippen molar-refractivity contribution in [2.75, 3.05) is 10.6 Å². The Balaban J connectivity index is 1.38. The van der Waals surface area contributed by atoms with Crippen molar-refractivity contribution in [3.05, 3.63) is 84.7 Å². The Morgan fingerprint density at radius 1 is 0.949 bits per heavy atom. The second-order valence-corrected chi connectivity index (χ2v) is 9.84. The number of carbonyl (C=O) groups is 1. The van der Waals surface area contributed by atoms with E-state index in [9.17, 15) is 18.0 Å². The fourth-order valence-electron chi connectivity index (χ4n) is 3.67. The van der Waals surface area contributed by atoms with E-state index in [0.29, 0.717) is 22.8 Å². The molecule has 0 spiro atoms. The van der Waals surface area contributed by atoms with Gasteiger partial charge in [0.05, 0.1) is 5.69 Å². The number of halogens is 3. The third-order valence-corrected chi connectivity index (χ3v) is 5.62. The summed E-state index contributed by atoms with van der Waals surface area (Å²) in [6, 6.07) is 19.2. The van der Waals surface area contributed by atoms with Gasteiger partial charge in [0.2, 0.25) is 0 Å². The predicted molar refractivity (Wildman–Crippen MR) is 148 cm³/mol. The molecule has 12 heteroatoms. The van der Waals surface area contributed by atoms with Gasteiger partial charge in [-0.25, -0.2) is 14.5 Å². The topological polar surface area (TPSA) is 93.4 Å². The largest absolute Gasteiger partial charge is 0.573 e. The number of alkyl halides is 3. The standard InChI is InChI=1S/C27H25F3N6O2S/c1-26(2,3)21-6-4-5-7-22(21)33-25(39)34-24(37)32-18-10-8-17(9-11-18)23-31-16-36(35-23)19-12-14-20(15-13-19)38-27(28,29)30/h4-16H,1-3H3,(H3,32,33,34,37,39). The van der Waals surface area contributed by atoms with E-state index >= 15 is 0 Å². The number of urea groups is 1. The molecule has 0 saturated carbocycles. The van der Waals surface area contributed by atoms with Crippen molar-refractivity contribution >= 4 is 35.2 Å². The molecule has 0 aliphatic rings. The normalized spacial score (nSPS) is 12.2. The number of ether oxygens (including phenoxy) is 1. The molecule has 202 valence electrons. The van der Waals surface area contributed by atoms with Gasteiger partial charge in [-0.1, -0.05) is 39.0 Å². The van der Waals surface area contributed by atoms with Gasteiger partial charge in [0.25, 0.3) is 0 Å². The van der Waals surface area contributed by atoms with Crippen molar-refractivity contribution in [3.8, 4) is 22.8 Å². The summed E-state index contributed by atoms with van der Waals surface area (Å²) in [5, 5.41) is 10.3. The van der Waals surface area contributed by atoms with Gasteiger partial charge < -0.3 is 15.4 Å². The molecule has 2 amide bonds. The molecule has 0 radical (unpaired) electrons. The lowest BCUT2D eigenvalue weighted by Crippen LogP contribution is -2.17. The number of aromatic nitrogens is 3. The molecule has 0 bridgehead atoms. The van der Waals surface area contributed by atoms with Gasteiger partial charge in [0, 0.05) is 16.9 Å². The summed E-state index contributed by atoms with van der Waals surface area (Å²) in [5.41, 5.74) is 3.44. The summed E-state index contributed by atoms with van der Waals surface area (Å²) in [6.07, 6.45) is -3.32. The van der Waals surface area contributed by atoms with Crippen LogP contribution in [0.1, 0.15) is 26.3 Å². The molecular weight excluding hydrogens is 529 g/mol. The number of benzene rings is 3. The lowest BCUT2D eigenvalue weighted by molar-refractivity contribution is -0.274. The smallest absolute Gasteiger partial charge is 0.406 e. The molecule has 0 saturated heterocycles. The first-order valence-corrected chi connectivity index (χ1v) is 12.2. The van der Waals surface area contributed by atoms with Crippen molar-refractivity contribution < 1.29 is 22.7 Å².